The molecule has 0 atom stereocenters. The Bertz CT molecular complexity index is 15.9. The van der Waals surface area contributed by atoms with Crippen molar-refractivity contribution in [1.29, 1.82) is 0 Å². The van der Waals surface area contributed by atoms with Crippen molar-refractivity contribution < 1.29 is 0 Å². The number of hydrogen-bond acceptors (Lipinski definition) is 0. The van der Waals surface area contributed by atoms with Crippen molar-refractivity contribution in [2.45, 2.75) is 26.7 Å². The second-order valence-corrected chi connectivity index (χ2v) is 3.27. The number of unbranched alkanes of at least 4 members (excludes halogenated alkanes) is 2. The first-order valence-corrected chi connectivity index (χ1v) is 5.12. The maximum absolute atomic E-state index is 2.25. The zero-order chi connectivity index (χ0) is 4.83. The predicted molar refractivity (Wildman–Crippen MR) is 30.1 cm³/mol. The van der Waals surface area contributed by atoms with Gasteiger partial charge in [0.2, 0.25) is 0 Å². The van der Waals surface area contributed by atoms with Crippen LogP contribution in [-0.4, -0.2) is 49.0 Å². The van der Waals surface area contributed by atoms with Gasteiger partial charge in [-0.05, 0) is 0 Å². The van der Waals surface area contributed by atoms with Crippen molar-refractivity contribution in [1.82, 2.24) is 0 Å². The minimum atomic E-state index is 1.11. The Hall–Kier alpha value is 1.64. The fraction of sp³-hybridized carbons (Fsp3) is 1.00. The first-order valence-electron chi connectivity index (χ1n) is 2.91. The summed E-state index contributed by atoms with van der Waals surface area (Å²) in [5.41, 5.74) is 0. The summed E-state index contributed by atoms with van der Waals surface area (Å²) in [5, 5.41) is 0. The van der Waals surface area contributed by atoms with Crippen LogP contribution in [-0.2, 0) is 0 Å². The van der Waals surface area contributed by atoms with Gasteiger partial charge in [-0.1, -0.05) is 0 Å². The molecule has 1 heteroatoms. The Kier molecular flexibility index (Phi) is 8.45. The molecule has 32 valence electrons. The summed E-state index contributed by atoms with van der Waals surface area (Å²) < 4.78 is 1.54. The molecule has 0 bridgehead atoms. The second kappa shape index (κ2) is 6.64. The first kappa shape index (κ1) is 7.64. The van der Waals surface area contributed by atoms with Crippen LogP contribution < -0.4 is 0 Å². The topological polar surface area (TPSA) is 0 Å². The van der Waals surface area contributed by atoms with E-state index in [2.05, 4.69) is 6.92 Å². The predicted octanol–water partition coefficient (Wildman–Crippen LogP) is 1.76. The molecule has 0 aliphatic heterocycles. The van der Waals surface area contributed by atoms with E-state index in [9.17, 15) is 0 Å². The van der Waals surface area contributed by atoms with Crippen LogP contribution in [0.3, 0.4) is 0 Å². The molecule has 0 aromatic heterocycles. The van der Waals surface area contributed by atoms with Crippen LogP contribution in [0.2, 0.25) is 0.515 Å². The van der Waals surface area contributed by atoms with Gasteiger partial charge >= 0.3 is 75.7 Å². The Morgan fingerprint density at radius 1 is 1.33 bits per heavy atom. The van der Waals surface area contributed by atoms with E-state index < -0.39 is 0 Å². The van der Waals surface area contributed by atoms with Crippen LogP contribution in [0.1, 0.15) is 26.2 Å². The zero-order valence-electron chi connectivity index (χ0n) is 4.83. The van der Waals surface area contributed by atoms with Crippen LogP contribution in [0.4, 0.5) is 0 Å². The van der Waals surface area contributed by atoms with E-state index in [0.29, 0.717) is 0 Å². The average molecular weight is 110 g/mol. The number of hydrogen-bond donors (Lipinski definition) is 0. The van der Waals surface area contributed by atoms with Crippen LogP contribution in [0.5, 0.6) is 0 Å². The normalized spacial score (nSPS) is 9.17. The Morgan fingerprint density at radius 3 is 2.17 bits per heavy atom. The molecule has 0 saturated heterocycles. The summed E-state index contributed by atoms with van der Waals surface area (Å²) in [5.74, 6) is 0. The van der Waals surface area contributed by atoms with E-state index in [0.717, 1.165) is 49.0 Å². The van der Waals surface area contributed by atoms with Crippen LogP contribution >= 0.6 is 0 Å². The summed E-state index contributed by atoms with van der Waals surface area (Å²) in [7, 11) is 0. The molecule has 0 spiro atoms. The van der Waals surface area contributed by atoms with Gasteiger partial charge in [0.15, 0.2) is 0 Å². The summed E-state index contributed by atoms with van der Waals surface area (Å²) in [6, 6.07) is 0. The molecule has 0 aromatic carbocycles. The van der Waals surface area contributed by atoms with Crippen molar-refractivity contribution in [3.05, 3.63) is 0 Å². The van der Waals surface area contributed by atoms with E-state index in [-0.39, 0.29) is 0 Å². The van der Waals surface area contributed by atoms with Crippen LogP contribution in [0, 0.1) is 0 Å². The van der Waals surface area contributed by atoms with Crippen molar-refractivity contribution >= 4 is 49.0 Å². The van der Waals surface area contributed by atoms with Gasteiger partial charge in [-0.3, -0.25) is 0 Å². The third-order valence-corrected chi connectivity index (χ3v) is 2.06. The molecule has 0 N–H and O–H groups in total. The summed E-state index contributed by atoms with van der Waals surface area (Å²) in [6.45, 7) is 2.25. The Morgan fingerprint density at radius 2 is 2.00 bits per heavy atom. The van der Waals surface area contributed by atoms with E-state index in [4.69, 9.17) is 0 Å². The van der Waals surface area contributed by atoms with Gasteiger partial charge in [0.05, 0.1) is 0 Å². The van der Waals surface area contributed by atoms with E-state index >= 15 is 0 Å². The van der Waals surface area contributed by atoms with Gasteiger partial charge < -0.3 is 0 Å². The third-order valence-electron chi connectivity index (χ3n) is 0.957. The summed E-state index contributed by atoms with van der Waals surface area (Å²) in [4.78, 5) is 0. The fourth-order valence-corrected chi connectivity index (χ4v) is 1.28. The summed E-state index contributed by atoms with van der Waals surface area (Å²) >= 11 is 1.11. The van der Waals surface area contributed by atoms with Gasteiger partial charge in [-0.2, -0.15) is 0 Å². The molecule has 0 radical (unpaired) electrons. The number of rotatable bonds is 3. The maximum atomic E-state index is 2.25. The van der Waals surface area contributed by atoms with E-state index in [1.54, 1.807) is 0.515 Å². The van der Waals surface area contributed by atoms with Gasteiger partial charge in [0, 0.05) is 0 Å². The van der Waals surface area contributed by atoms with E-state index in [1.165, 1.54) is 19.3 Å². The van der Waals surface area contributed by atoms with Crippen molar-refractivity contribution in [2.24, 2.45) is 0 Å². The van der Waals surface area contributed by atoms with E-state index in [1.807, 2.05) is 0 Å². The molecule has 0 amide bonds. The standard InChI is InChI=1S/C5H11.K/c1-3-5-4-2;/h1,3-5H2,2H3;. The molecule has 6 heavy (non-hydrogen) atoms. The molecule has 0 aliphatic rings. The molecule has 0 rings (SSSR count). The molecule has 0 fully saturated rings. The molecule has 0 heterocycles. The molecule has 0 saturated carbocycles. The first-order chi connectivity index (χ1) is 2.91. The molecular formula is C5H11K. The molecule has 0 aromatic rings. The molecule has 0 unspecified atom stereocenters. The van der Waals surface area contributed by atoms with Gasteiger partial charge in [0.1, 0.15) is 0 Å². The summed E-state index contributed by atoms with van der Waals surface area (Å²) in [6.07, 6.45) is 4.34. The zero-order valence-corrected chi connectivity index (χ0v) is 7.95. The third kappa shape index (κ3) is 5.64. The minimum absolute atomic E-state index is 1.11. The van der Waals surface area contributed by atoms with Gasteiger partial charge in [-0.25, -0.2) is 0 Å². The van der Waals surface area contributed by atoms with Gasteiger partial charge in [0.25, 0.3) is 0 Å². The molecule has 0 aliphatic carbocycles. The SMILES string of the molecule is CCCC[CH2][K]. The monoisotopic (exact) mass is 110 g/mol. The second-order valence-electron chi connectivity index (χ2n) is 1.71. The van der Waals surface area contributed by atoms with Crippen LogP contribution in [0.15, 0.2) is 0 Å². The van der Waals surface area contributed by atoms with Gasteiger partial charge in [-0.15, -0.1) is 0 Å². The van der Waals surface area contributed by atoms with Crippen molar-refractivity contribution in [3.63, 3.8) is 0 Å². The van der Waals surface area contributed by atoms with Crippen LogP contribution in [0.25, 0.3) is 0 Å². The molecule has 0 nitrogen and oxygen atoms in total. The Balaban J connectivity index is 2.34. The fourth-order valence-electron chi connectivity index (χ4n) is 0.500. The Labute approximate surface area is 74.3 Å². The molecular weight excluding hydrogens is 99.2 g/mol. The van der Waals surface area contributed by atoms with Crippen molar-refractivity contribution in [3.8, 4) is 0 Å². The van der Waals surface area contributed by atoms with Crippen molar-refractivity contribution in [2.75, 3.05) is 0 Å². The average Bonchev–Trinajstić information content (AvgIpc) is 1.61. The quantitative estimate of drug-likeness (QED) is 0.383.